The number of fused-ring (bicyclic) bond motifs is 2. The molecule has 170 valence electrons. The Morgan fingerprint density at radius 3 is 2.65 bits per heavy atom. The van der Waals surface area contributed by atoms with Crippen LogP contribution < -0.4 is 10.9 Å². The molecule has 10 heteroatoms. The Labute approximate surface area is 190 Å². The van der Waals surface area contributed by atoms with Crippen LogP contribution in [-0.2, 0) is 11.2 Å². The highest BCUT2D eigenvalue weighted by Gasteiger charge is 2.15. The molecule has 5 aromatic rings. The number of benzene rings is 3. The molecule has 0 bridgehead atoms. The molecule has 0 aliphatic rings. The van der Waals surface area contributed by atoms with E-state index in [0.29, 0.717) is 22.9 Å². The summed E-state index contributed by atoms with van der Waals surface area (Å²) in [5.41, 5.74) is 1.78. The lowest BCUT2D eigenvalue weighted by atomic mass is 9.98. The van der Waals surface area contributed by atoms with Gasteiger partial charge >= 0.3 is 6.09 Å². The Hall–Kier alpha value is -4.60. The summed E-state index contributed by atoms with van der Waals surface area (Å²) in [5.74, 6) is -1.19. The number of rotatable bonds is 4. The highest BCUT2D eigenvalue weighted by Crippen LogP contribution is 2.30. The van der Waals surface area contributed by atoms with E-state index in [2.05, 4.69) is 30.2 Å². The van der Waals surface area contributed by atoms with Gasteiger partial charge < -0.3 is 9.72 Å². The van der Waals surface area contributed by atoms with Crippen molar-refractivity contribution < 1.29 is 18.3 Å². The third-order valence-electron chi connectivity index (χ3n) is 5.44. The van der Waals surface area contributed by atoms with Crippen LogP contribution in [0.1, 0.15) is 11.3 Å². The monoisotopic (exact) mass is 461 g/mol. The van der Waals surface area contributed by atoms with Crippen molar-refractivity contribution in [3.63, 3.8) is 0 Å². The number of hydrogen-bond donors (Lipinski definition) is 3. The van der Waals surface area contributed by atoms with Gasteiger partial charge in [0.1, 0.15) is 17.2 Å². The van der Waals surface area contributed by atoms with Crippen LogP contribution in [0.3, 0.4) is 0 Å². The lowest BCUT2D eigenvalue weighted by Crippen LogP contribution is -2.11. The maximum absolute atomic E-state index is 14.8. The fourth-order valence-corrected chi connectivity index (χ4v) is 3.84. The lowest BCUT2D eigenvalue weighted by Gasteiger charge is -2.09. The number of amides is 1. The third-order valence-corrected chi connectivity index (χ3v) is 5.44. The first-order valence-electron chi connectivity index (χ1n) is 10.2. The molecule has 0 radical (unpaired) electrons. The molecule has 8 nitrogen and oxygen atoms in total. The maximum Gasteiger partial charge on any atom is 0.413 e. The quantitative estimate of drug-likeness (QED) is 0.364. The predicted octanol–water partition coefficient (Wildman–Crippen LogP) is 4.51. The summed E-state index contributed by atoms with van der Waals surface area (Å²) in [6, 6.07) is 14.3. The minimum atomic E-state index is -0.762. The third kappa shape index (κ3) is 3.85. The fraction of sp³-hybridized carbons (Fsp3) is 0.0833. The van der Waals surface area contributed by atoms with E-state index in [9.17, 15) is 18.4 Å². The predicted molar refractivity (Wildman–Crippen MR) is 123 cm³/mol. The SMILES string of the molecule is COC(=O)Nc1nc2cc(-c3cc(Cc4n[nH]c(=O)c5ccccc45)ccc3F)cc(F)c2[nH]1. The zero-order valence-electron chi connectivity index (χ0n) is 17.8. The number of nitrogens with one attached hydrogen (secondary N) is 3. The van der Waals surface area contributed by atoms with Gasteiger partial charge in [0, 0.05) is 17.4 Å². The molecule has 1 amide bonds. The molecule has 0 saturated carbocycles. The van der Waals surface area contributed by atoms with Crippen molar-refractivity contribution in [1.82, 2.24) is 20.2 Å². The summed E-state index contributed by atoms with van der Waals surface area (Å²) in [6.45, 7) is 0. The molecular weight excluding hydrogens is 444 g/mol. The average molecular weight is 461 g/mol. The number of ether oxygens (including phenoxy) is 1. The molecule has 0 saturated heterocycles. The summed E-state index contributed by atoms with van der Waals surface area (Å²) in [4.78, 5) is 30.2. The Morgan fingerprint density at radius 2 is 1.85 bits per heavy atom. The number of carbonyl (C=O) groups excluding carboxylic acids is 1. The van der Waals surface area contributed by atoms with Crippen molar-refractivity contribution in [1.29, 1.82) is 0 Å². The summed E-state index contributed by atoms with van der Waals surface area (Å²) >= 11 is 0. The van der Waals surface area contributed by atoms with E-state index >= 15 is 0 Å². The van der Waals surface area contributed by atoms with E-state index in [1.54, 1.807) is 30.3 Å². The van der Waals surface area contributed by atoms with Crippen LogP contribution in [0.2, 0.25) is 0 Å². The molecular formula is C24H17F2N5O3. The van der Waals surface area contributed by atoms with Crippen LogP contribution in [0, 0.1) is 11.6 Å². The number of aromatic amines is 2. The first-order valence-corrected chi connectivity index (χ1v) is 10.2. The largest absolute Gasteiger partial charge is 0.453 e. The zero-order valence-corrected chi connectivity index (χ0v) is 17.8. The average Bonchev–Trinajstić information content (AvgIpc) is 3.25. The number of carbonyl (C=O) groups is 1. The van der Waals surface area contributed by atoms with Crippen molar-refractivity contribution in [3.05, 3.63) is 87.8 Å². The van der Waals surface area contributed by atoms with E-state index in [1.807, 2.05) is 6.07 Å². The van der Waals surface area contributed by atoms with Gasteiger partial charge in [0.15, 0.2) is 0 Å². The van der Waals surface area contributed by atoms with Crippen LogP contribution in [0.5, 0.6) is 0 Å². The van der Waals surface area contributed by atoms with Gasteiger partial charge in [0.2, 0.25) is 5.95 Å². The van der Waals surface area contributed by atoms with E-state index in [4.69, 9.17) is 0 Å². The van der Waals surface area contributed by atoms with Gasteiger partial charge in [-0.25, -0.2) is 23.7 Å². The molecule has 5 rings (SSSR count). The smallest absolute Gasteiger partial charge is 0.413 e. The number of nitrogens with zero attached hydrogens (tertiary/aromatic N) is 2. The summed E-state index contributed by atoms with van der Waals surface area (Å²) in [6.07, 6.45) is -0.438. The molecule has 0 unspecified atom stereocenters. The minimum Gasteiger partial charge on any atom is -0.453 e. The van der Waals surface area contributed by atoms with Crippen LogP contribution in [0.15, 0.2) is 59.4 Å². The Balaban J connectivity index is 1.54. The molecule has 34 heavy (non-hydrogen) atoms. The molecule has 0 spiro atoms. The number of anilines is 1. The van der Waals surface area contributed by atoms with E-state index < -0.39 is 17.7 Å². The van der Waals surface area contributed by atoms with Crippen molar-refractivity contribution in [2.75, 3.05) is 12.4 Å². The van der Waals surface area contributed by atoms with Crippen LogP contribution in [0.4, 0.5) is 19.5 Å². The normalized spacial score (nSPS) is 11.1. The molecule has 0 aliphatic heterocycles. The number of aromatic nitrogens is 4. The van der Waals surface area contributed by atoms with Gasteiger partial charge in [-0.15, -0.1) is 0 Å². The molecule has 0 fully saturated rings. The minimum absolute atomic E-state index is 0.00291. The topological polar surface area (TPSA) is 113 Å². The highest BCUT2D eigenvalue weighted by molar-refractivity contribution is 5.88. The first-order chi connectivity index (χ1) is 16.4. The van der Waals surface area contributed by atoms with Crippen molar-refractivity contribution in [3.8, 4) is 11.1 Å². The van der Waals surface area contributed by atoms with E-state index in [-0.39, 0.29) is 33.7 Å². The van der Waals surface area contributed by atoms with Crippen molar-refractivity contribution >= 4 is 33.8 Å². The summed E-state index contributed by atoms with van der Waals surface area (Å²) < 4.78 is 34.0. The number of H-pyrrole nitrogens is 2. The number of imidazole rings is 1. The lowest BCUT2D eigenvalue weighted by molar-refractivity contribution is 0.186. The summed E-state index contributed by atoms with van der Waals surface area (Å²) in [7, 11) is 1.19. The van der Waals surface area contributed by atoms with Gasteiger partial charge in [0.25, 0.3) is 5.56 Å². The van der Waals surface area contributed by atoms with Gasteiger partial charge in [0.05, 0.1) is 23.7 Å². The highest BCUT2D eigenvalue weighted by atomic mass is 19.1. The number of hydrogen-bond acceptors (Lipinski definition) is 5. The van der Waals surface area contributed by atoms with E-state index in [0.717, 1.165) is 5.56 Å². The molecule has 3 N–H and O–H groups in total. The van der Waals surface area contributed by atoms with Gasteiger partial charge in [-0.05, 0) is 41.5 Å². The first kappa shape index (κ1) is 21.3. The second kappa shape index (κ2) is 8.39. The Kier molecular flexibility index (Phi) is 5.25. The van der Waals surface area contributed by atoms with Gasteiger partial charge in [-0.1, -0.05) is 24.3 Å². The molecule has 0 aliphatic carbocycles. The second-order valence-corrected chi connectivity index (χ2v) is 7.59. The van der Waals surface area contributed by atoms with Crippen LogP contribution in [-0.4, -0.2) is 33.4 Å². The molecule has 2 aromatic heterocycles. The van der Waals surface area contributed by atoms with E-state index in [1.165, 1.54) is 25.3 Å². The summed E-state index contributed by atoms with van der Waals surface area (Å²) in [5, 5.41) is 10.2. The van der Waals surface area contributed by atoms with Crippen molar-refractivity contribution in [2.24, 2.45) is 0 Å². The van der Waals surface area contributed by atoms with Crippen LogP contribution >= 0.6 is 0 Å². The van der Waals surface area contributed by atoms with Crippen LogP contribution in [0.25, 0.3) is 32.9 Å². The van der Waals surface area contributed by atoms with Gasteiger partial charge in [-0.3, -0.25) is 10.1 Å². The zero-order chi connectivity index (χ0) is 23.8. The number of halogens is 2. The Bertz CT molecular complexity index is 1630. The molecule has 0 atom stereocenters. The second-order valence-electron chi connectivity index (χ2n) is 7.59. The molecule has 2 heterocycles. The van der Waals surface area contributed by atoms with Gasteiger partial charge in [-0.2, -0.15) is 5.10 Å². The number of methoxy groups -OCH3 is 1. The molecule has 3 aromatic carbocycles. The standard InChI is InChI=1S/C24H17F2N5O3/c1-34-24(33)29-23-27-20-11-13(10-18(26)21(20)28-23)16-8-12(6-7-17(16)25)9-19-14-4-2-3-5-15(14)22(32)31-30-19/h2-8,10-11H,9H2,1H3,(H,31,32)(H2,27,28,29,33). The van der Waals surface area contributed by atoms with Crippen molar-refractivity contribution in [2.45, 2.75) is 6.42 Å². The fourth-order valence-electron chi connectivity index (χ4n) is 3.84. The Morgan fingerprint density at radius 1 is 1.06 bits per heavy atom. The maximum atomic E-state index is 14.8.